The lowest BCUT2D eigenvalue weighted by atomic mass is 9.97. The van der Waals surface area contributed by atoms with E-state index in [9.17, 15) is 9.18 Å². The number of carboxylic acid groups (broad SMARTS) is 1. The van der Waals surface area contributed by atoms with Gasteiger partial charge >= 0.3 is 5.97 Å². The number of hydrogen-bond donors (Lipinski definition) is 2. The number of nitrogens with two attached hydrogens (primary N) is 1. The van der Waals surface area contributed by atoms with Gasteiger partial charge in [-0.25, -0.2) is 4.39 Å². The molecule has 5 heteroatoms. The highest BCUT2D eigenvalue weighted by Gasteiger charge is 2.27. The third-order valence-corrected chi connectivity index (χ3v) is 3.51. The molecular weight excluding hydrogens is 229 g/mol. The Kier molecular flexibility index (Phi) is 3.80. The lowest BCUT2D eigenvalue weighted by Gasteiger charge is -2.18. The van der Waals surface area contributed by atoms with Crippen molar-refractivity contribution < 1.29 is 14.3 Å². The van der Waals surface area contributed by atoms with Crippen LogP contribution in [0.2, 0.25) is 0 Å². The average molecular weight is 243 g/mol. The molecule has 3 N–H and O–H groups in total. The number of halogens is 1. The van der Waals surface area contributed by atoms with Crippen LogP contribution < -0.4 is 5.73 Å². The van der Waals surface area contributed by atoms with Crippen LogP contribution >= 0.6 is 11.8 Å². The minimum absolute atomic E-state index is 0.343. The van der Waals surface area contributed by atoms with E-state index in [0.29, 0.717) is 16.3 Å². The van der Waals surface area contributed by atoms with Gasteiger partial charge < -0.3 is 10.8 Å². The zero-order valence-corrected chi connectivity index (χ0v) is 9.97. The fourth-order valence-electron chi connectivity index (χ4n) is 0.993. The molecule has 0 aromatic heterocycles. The normalized spacial score (nSPS) is 11.4. The zero-order valence-electron chi connectivity index (χ0n) is 9.16. The average Bonchev–Trinajstić information content (AvgIpc) is 2.13. The highest BCUT2D eigenvalue weighted by atomic mass is 32.2. The predicted octanol–water partition coefficient (Wildman–Crippen LogP) is 2.61. The van der Waals surface area contributed by atoms with Crippen molar-refractivity contribution in [3.05, 3.63) is 24.0 Å². The number of carbonyl (C=O) groups is 1. The van der Waals surface area contributed by atoms with E-state index in [-0.39, 0.29) is 0 Å². The first-order valence-electron chi connectivity index (χ1n) is 4.73. The summed E-state index contributed by atoms with van der Waals surface area (Å²) in [7, 11) is 0. The van der Waals surface area contributed by atoms with Crippen molar-refractivity contribution in [1.29, 1.82) is 0 Å². The summed E-state index contributed by atoms with van der Waals surface area (Å²) >= 11 is 1.28. The number of nitrogen functional groups attached to an aromatic ring is 1. The predicted molar refractivity (Wildman–Crippen MR) is 63.0 cm³/mol. The first kappa shape index (κ1) is 12.8. The second kappa shape index (κ2) is 4.74. The number of carboxylic acids is 1. The molecule has 1 rings (SSSR count). The molecule has 0 saturated carbocycles. The van der Waals surface area contributed by atoms with Gasteiger partial charge in [0, 0.05) is 16.3 Å². The van der Waals surface area contributed by atoms with Gasteiger partial charge in [0.05, 0.1) is 5.41 Å². The van der Waals surface area contributed by atoms with Gasteiger partial charge in [-0.1, -0.05) is 0 Å². The van der Waals surface area contributed by atoms with E-state index in [1.54, 1.807) is 19.9 Å². The van der Waals surface area contributed by atoms with Gasteiger partial charge in [-0.15, -0.1) is 11.8 Å². The molecule has 0 aliphatic carbocycles. The minimum atomic E-state index is -0.871. The van der Waals surface area contributed by atoms with E-state index in [1.807, 2.05) is 0 Å². The molecule has 0 radical (unpaired) electrons. The number of thioether (sulfide) groups is 1. The second-order valence-corrected chi connectivity index (χ2v) is 5.25. The van der Waals surface area contributed by atoms with Gasteiger partial charge in [-0.2, -0.15) is 0 Å². The number of hydrogen-bond acceptors (Lipinski definition) is 3. The van der Waals surface area contributed by atoms with Gasteiger partial charge in [-0.3, -0.25) is 4.79 Å². The van der Waals surface area contributed by atoms with E-state index < -0.39 is 17.2 Å². The summed E-state index contributed by atoms with van der Waals surface area (Å²) < 4.78 is 13.0. The van der Waals surface area contributed by atoms with E-state index in [0.717, 1.165) is 0 Å². The Balaban J connectivity index is 2.71. The summed E-state index contributed by atoms with van der Waals surface area (Å²) in [5.41, 5.74) is 4.99. The smallest absolute Gasteiger partial charge is 0.309 e. The van der Waals surface area contributed by atoms with Crippen molar-refractivity contribution in [2.75, 3.05) is 11.5 Å². The van der Waals surface area contributed by atoms with Crippen LogP contribution in [0.5, 0.6) is 0 Å². The Morgan fingerprint density at radius 2 is 2.12 bits per heavy atom. The summed E-state index contributed by atoms with van der Waals surface area (Å²) in [6, 6.07) is 4.21. The molecule has 16 heavy (non-hydrogen) atoms. The van der Waals surface area contributed by atoms with Crippen LogP contribution in [0.1, 0.15) is 13.8 Å². The molecule has 0 atom stereocenters. The largest absolute Gasteiger partial charge is 0.481 e. The Morgan fingerprint density at radius 3 is 2.62 bits per heavy atom. The highest BCUT2D eigenvalue weighted by Crippen LogP contribution is 2.29. The van der Waals surface area contributed by atoms with Crippen LogP contribution in [0.25, 0.3) is 0 Å². The second-order valence-electron chi connectivity index (χ2n) is 4.20. The summed E-state index contributed by atoms with van der Waals surface area (Å²) in [4.78, 5) is 11.5. The lowest BCUT2D eigenvalue weighted by molar-refractivity contribution is -0.145. The van der Waals surface area contributed by atoms with Crippen LogP contribution in [0, 0.1) is 11.2 Å². The molecule has 0 amide bonds. The Hall–Kier alpha value is -1.23. The molecule has 0 saturated heterocycles. The molecule has 0 aliphatic heterocycles. The zero-order chi connectivity index (χ0) is 12.3. The molecule has 0 unspecified atom stereocenters. The summed E-state index contributed by atoms with van der Waals surface area (Å²) in [6.45, 7) is 3.26. The third-order valence-electron chi connectivity index (χ3n) is 2.07. The van der Waals surface area contributed by atoms with Crippen molar-refractivity contribution in [1.82, 2.24) is 0 Å². The van der Waals surface area contributed by atoms with Crippen molar-refractivity contribution in [2.24, 2.45) is 5.41 Å². The topological polar surface area (TPSA) is 63.3 Å². The molecule has 0 aliphatic rings. The van der Waals surface area contributed by atoms with Gasteiger partial charge in [0.25, 0.3) is 0 Å². The summed E-state index contributed by atoms with van der Waals surface area (Å²) in [6.07, 6.45) is 0. The molecule has 1 aromatic carbocycles. The standard InChI is InChI=1S/C11H14FNO2S/c1-11(2,10(14)15)6-16-9-4-7(12)3-8(13)5-9/h3-5H,6,13H2,1-2H3,(H,14,15). The van der Waals surface area contributed by atoms with Crippen LogP contribution in [0.15, 0.2) is 23.1 Å². The quantitative estimate of drug-likeness (QED) is 0.630. The lowest BCUT2D eigenvalue weighted by Crippen LogP contribution is -2.26. The van der Waals surface area contributed by atoms with Crippen LogP contribution in [0.3, 0.4) is 0 Å². The van der Waals surface area contributed by atoms with E-state index in [1.165, 1.54) is 23.9 Å². The summed E-state index contributed by atoms with van der Waals surface area (Å²) in [5.74, 6) is -0.911. The highest BCUT2D eigenvalue weighted by molar-refractivity contribution is 7.99. The molecule has 0 fully saturated rings. The van der Waals surface area contributed by atoms with Gasteiger partial charge in [0.1, 0.15) is 5.82 Å². The van der Waals surface area contributed by atoms with Crippen LogP contribution in [0.4, 0.5) is 10.1 Å². The van der Waals surface area contributed by atoms with Crippen LogP contribution in [-0.2, 0) is 4.79 Å². The molecule has 0 bridgehead atoms. The monoisotopic (exact) mass is 243 g/mol. The third kappa shape index (κ3) is 3.41. The van der Waals surface area contributed by atoms with Crippen molar-refractivity contribution in [2.45, 2.75) is 18.7 Å². The number of rotatable bonds is 4. The molecule has 1 aromatic rings. The van der Waals surface area contributed by atoms with Gasteiger partial charge in [-0.05, 0) is 32.0 Å². The summed E-state index contributed by atoms with van der Waals surface area (Å²) in [5, 5.41) is 8.92. The molecule has 3 nitrogen and oxygen atoms in total. The maximum absolute atomic E-state index is 13.0. The Morgan fingerprint density at radius 1 is 1.50 bits per heavy atom. The van der Waals surface area contributed by atoms with Crippen LogP contribution in [-0.4, -0.2) is 16.8 Å². The first-order valence-corrected chi connectivity index (χ1v) is 5.72. The van der Waals surface area contributed by atoms with E-state index in [4.69, 9.17) is 10.8 Å². The van der Waals surface area contributed by atoms with Crippen molar-refractivity contribution in [3.8, 4) is 0 Å². The maximum Gasteiger partial charge on any atom is 0.309 e. The minimum Gasteiger partial charge on any atom is -0.481 e. The molecule has 88 valence electrons. The van der Waals surface area contributed by atoms with Gasteiger partial charge in [0.2, 0.25) is 0 Å². The molecular formula is C11H14FNO2S. The maximum atomic E-state index is 13.0. The Labute approximate surface area is 97.8 Å². The molecule has 0 heterocycles. The number of benzene rings is 1. The van der Waals surface area contributed by atoms with Gasteiger partial charge in [0.15, 0.2) is 0 Å². The van der Waals surface area contributed by atoms with E-state index in [2.05, 4.69) is 0 Å². The molecule has 0 spiro atoms. The van der Waals surface area contributed by atoms with E-state index >= 15 is 0 Å². The Bertz CT molecular complexity index is 387. The van der Waals surface area contributed by atoms with Crippen molar-refractivity contribution in [3.63, 3.8) is 0 Å². The SMILES string of the molecule is CC(C)(CSc1cc(N)cc(F)c1)C(=O)O. The fraction of sp³-hybridized carbons (Fsp3) is 0.364. The number of anilines is 1. The fourth-order valence-corrected chi connectivity index (χ4v) is 2.06. The first-order chi connectivity index (χ1) is 7.31. The number of aliphatic carboxylic acids is 1. The van der Waals surface area contributed by atoms with Crippen molar-refractivity contribution >= 4 is 23.4 Å².